The monoisotopic (exact) mass is 234 g/mol. The highest BCUT2D eigenvalue weighted by molar-refractivity contribution is 5.55. The average Bonchev–Trinajstić information content (AvgIpc) is 2.28. The van der Waals surface area contributed by atoms with Crippen molar-refractivity contribution < 1.29 is 0 Å². The Kier molecular flexibility index (Phi) is 5.01. The molecule has 2 heteroatoms. The summed E-state index contributed by atoms with van der Waals surface area (Å²) in [6.45, 7) is 8.71. The van der Waals surface area contributed by atoms with E-state index in [0.29, 0.717) is 6.04 Å². The fourth-order valence-electron chi connectivity index (χ4n) is 1.93. The van der Waals surface area contributed by atoms with Crippen molar-refractivity contribution in [3.8, 4) is 0 Å². The quantitative estimate of drug-likeness (QED) is 0.848. The molecule has 0 radical (unpaired) electrons. The van der Waals surface area contributed by atoms with Gasteiger partial charge in [0.15, 0.2) is 0 Å². The summed E-state index contributed by atoms with van der Waals surface area (Å²) in [6.07, 6.45) is 1.99. The Morgan fingerprint density at radius 2 is 1.94 bits per heavy atom. The van der Waals surface area contributed by atoms with Gasteiger partial charge in [-0.25, -0.2) is 0 Å². The van der Waals surface area contributed by atoms with E-state index in [0.717, 1.165) is 12.8 Å². The molecular weight excluding hydrogens is 208 g/mol. The maximum atomic E-state index is 6.08. The van der Waals surface area contributed by atoms with Crippen LogP contribution in [0.2, 0.25) is 0 Å². The number of anilines is 1. The van der Waals surface area contributed by atoms with Crippen molar-refractivity contribution in [2.75, 3.05) is 11.9 Å². The summed E-state index contributed by atoms with van der Waals surface area (Å²) in [6, 6.07) is 7.43. The molecule has 1 rings (SSSR count). The summed E-state index contributed by atoms with van der Waals surface area (Å²) in [7, 11) is 2.15. The molecule has 1 aromatic rings. The molecule has 0 aliphatic carbocycles. The molecule has 0 aliphatic rings. The van der Waals surface area contributed by atoms with Crippen molar-refractivity contribution in [2.24, 2.45) is 5.73 Å². The molecule has 1 atom stereocenters. The number of hydrogen-bond donors (Lipinski definition) is 1. The van der Waals surface area contributed by atoms with Gasteiger partial charge in [0.2, 0.25) is 0 Å². The van der Waals surface area contributed by atoms with Gasteiger partial charge in [0.25, 0.3) is 0 Å². The van der Waals surface area contributed by atoms with Gasteiger partial charge in [0.1, 0.15) is 0 Å². The zero-order valence-corrected chi connectivity index (χ0v) is 11.8. The van der Waals surface area contributed by atoms with E-state index in [1.54, 1.807) is 0 Å². The zero-order chi connectivity index (χ0) is 13.0. The summed E-state index contributed by atoms with van der Waals surface area (Å²) in [5.41, 5.74) is 10.1. The topological polar surface area (TPSA) is 29.3 Å². The number of rotatable bonds is 5. The first-order valence-electron chi connectivity index (χ1n) is 6.53. The second-order valence-corrected chi connectivity index (χ2v) is 5.21. The Bertz CT molecular complexity index is 358. The minimum atomic E-state index is 0.260. The maximum absolute atomic E-state index is 6.08. The number of nitrogens with two attached hydrogens (primary N) is 1. The first-order chi connectivity index (χ1) is 7.95. The lowest BCUT2D eigenvalue weighted by Crippen LogP contribution is -2.28. The molecule has 0 fully saturated rings. The van der Waals surface area contributed by atoms with Gasteiger partial charge in [0, 0.05) is 24.8 Å². The Morgan fingerprint density at radius 3 is 2.47 bits per heavy atom. The van der Waals surface area contributed by atoms with Gasteiger partial charge in [-0.05, 0) is 45.2 Å². The molecule has 0 saturated heterocycles. The third-order valence-electron chi connectivity index (χ3n) is 3.40. The lowest BCUT2D eigenvalue weighted by atomic mass is 10.00. The molecule has 1 unspecified atom stereocenters. The van der Waals surface area contributed by atoms with Crippen LogP contribution in [0.15, 0.2) is 18.2 Å². The van der Waals surface area contributed by atoms with E-state index < -0.39 is 0 Å². The molecule has 0 aromatic heterocycles. The third kappa shape index (κ3) is 3.74. The summed E-state index contributed by atoms with van der Waals surface area (Å²) in [5, 5.41) is 0. The molecule has 0 bridgehead atoms. The van der Waals surface area contributed by atoms with E-state index in [1.807, 2.05) is 0 Å². The molecule has 96 valence electrons. The lowest BCUT2D eigenvalue weighted by molar-refractivity contribution is 0.642. The highest BCUT2D eigenvalue weighted by Crippen LogP contribution is 2.24. The Balaban J connectivity index is 3.03. The van der Waals surface area contributed by atoms with Crippen molar-refractivity contribution in [1.29, 1.82) is 0 Å². The van der Waals surface area contributed by atoms with Gasteiger partial charge in [-0.3, -0.25) is 0 Å². The standard InChI is InChI=1S/C15H26N2/c1-6-14(16)10-13-9-12(4)7-8-15(13)17(5)11(2)3/h7-9,11,14H,6,10,16H2,1-5H3. The Labute approximate surface area is 106 Å². The summed E-state index contributed by atoms with van der Waals surface area (Å²) < 4.78 is 0. The first kappa shape index (κ1) is 14.0. The van der Waals surface area contributed by atoms with Crippen LogP contribution >= 0.6 is 0 Å². The SMILES string of the molecule is CCC(N)Cc1cc(C)ccc1N(C)C(C)C. The van der Waals surface area contributed by atoms with Crippen LogP contribution in [0.5, 0.6) is 0 Å². The number of nitrogens with zero attached hydrogens (tertiary/aromatic N) is 1. The van der Waals surface area contributed by atoms with Crippen LogP contribution in [0.4, 0.5) is 5.69 Å². The summed E-state index contributed by atoms with van der Waals surface area (Å²) >= 11 is 0. The van der Waals surface area contributed by atoms with Crippen LogP contribution < -0.4 is 10.6 Å². The fourth-order valence-corrected chi connectivity index (χ4v) is 1.93. The largest absolute Gasteiger partial charge is 0.372 e. The highest BCUT2D eigenvalue weighted by atomic mass is 15.1. The van der Waals surface area contributed by atoms with Crippen LogP contribution in [0.1, 0.15) is 38.3 Å². The van der Waals surface area contributed by atoms with Gasteiger partial charge in [0.05, 0.1) is 0 Å². The molecule has 0 spiro atoms. The molecule has 2 N–H and O–H groups in total. The van der Waals surface area contributed by atoms with Gasteiger partial charge >= 0.3 is 0 Å². The molecule has 0 aliphatic heterocycles. The minimum absolute atomic E-state index is 0.260. The lowest BCUT2D eigenvalue weighted by Gasteiger charge is -2.27. The predicted molar refractivity (Wildman–Crippen MR) is 76.7 cm³/mol. The van der Waals surface area contributed by atoms with Crippen molar-refractivity contribution in [2.45, 2.75) is 52.6 Å². The van der Waals surface area contributed by atoms with Crippen LogP contribution in [0, 0.1) is 6.92 Å². The maximum Gasteiger partial charge on any atom is 0.0399 e. The number of benzene rings is 1. The first-order valence-corrected chi connectivity index (χ1v) is 6.53. The Hall–Kier alpha value is -1.02. The van der Waals surface area contributed by atoms with Crippen LogP contribution in [0.3, 0.4) is 0 Å². The Morgan fingerprint density at radius 1 is 1.29 bits per heavy atom. The second kappa shape index (κ2) is 6.06. The molecule has 0 amide bonds. The van der Waals surface area contributed by atoms with Gasteiger partial charge < -0.3 is 10.6 Å². The predicted octanol–water partition coefficient (Wildman–Crippen LogP) is 3.12. The van der Waals surface area contributed by atoms with E-state index >= 15 is 0 Å². The van der Waals surface area contributed by atoms with E-state index in [4.69, 9.17) is 5.73 Å². The molecule has 17 heavy (non-hydrogen) atoms. The minimum Gasteiger partial charge on any atom is -0.372 e. The summed E-state index contributed by atoms with van der Waals surface area (Å²) in [5.74, 6) is 0. The van der Waals surface area contributed by atoms with Crippen molar-refractivity contribution >= 4 is 5.69 Å². The average molecular weight is 234 g/mol. The van der Waals surface area contributed by atoms with Crippen LogP contribution in [0.25, 0.3) is 0 Å². The number of hydrogen-bond acceptors (Lipinski definition) is 2. The number of aryl methyl sites for hydroxylation is 1. The normalized spacial score (nSPS) is 12.9. The van der Waals surface area contributed by atoms with Crippen molar-refractivity contribution in [3.63, 3.8) is 0 Å². The van der Waals surface area contributed by atoms with Crippen molar-refractivity contribution in [3.05, 3.63) is 29.3 Å². The van der Waals surface area contributed by atoms with Gasteiger partial charge in [-0.1, -0.05) is 24.6 Å². The van der Waals surface area contributed by atoms with Gasteiger partial charge in [-0.2, -0.15) is 0 Å². The molecule has 1 aromatic carbocycles. The molecule has 0 heterocycles. The fraction of sp³-hybridized carbons (Fsp3) is 0.600. The van der Waals surface area contributed by atoms with Crippen LogP contribution in [-0.2, 0) is 6.42 Å². The van der Waals surface area contributed by atoms with E-state index in [1.165, 1.54) is 16.8 Å². The van der Waals surface area contributed by atoms with E-state index in [2.05, 4.69) is 57.8 Å². The van der Waals surface area contributed by atoms with E-state index in [-0.39, 0.29) is 6.04 Å². The molecular formula is C15H26N2. The van der Waals surface area contributed by atoms with Crippen LogP contribution in [-0.4, -0.2) is 19.1 Å². The third-order valence-corrected chi connectivity index (χ3v) is 3.40. The van der Waals surface area contributed by atoms with Crippen molar-refractivity contribution in [1.82, 2.24) is 0 Å². The smallest absolute Gasteiger partial charge is 0.0399 e. The second-order valence-electron chi connectivity index (χ2n) is 5.21. The summed E-state index contributed by atoms with van der Waals surface area (Å²) in [4.78, 5) is 2.32. The molecule has 0 saturated carbocycles. The zero-order valence-electron chi connectivity index (χ0n) is 11.8. The van der Waals surface area contributed by atoms with E-state index in [9.17, 15) is 0 Å². The van der Waals surface area contributed by atoms with Gasteiger partial charge in [-0.15, -0.1) is 0 Å². The highest BCUT2D eigenvalue weighted by Gasteiger charge is 2.12. The molecule has 2 nitrogen and oxygen atoms in total.